The van der Waals surface area contributed by atoms with E-state index >= 15 is 0 Å². The molecule has 0 amide bonds. The Morgan fingerprint density at radius 2 is 0.487 bits per heavy atom. The summed E-state index contributed by atoms with van der Waals surface area (Å²) in [5.41, 5.74) is 0. The number of carbonyl (C=O) groups is 3. The zero-order chi connectivity index (χ0) is 57.8. The molecule has 0 aliphatic heterocycles. The van der Waals surface area contributed by atoms with Gasteiger partial charge in [0, 0.05) is 19.3 Å². The number of rotatable bonds is 66. The van der Waals surface area contributed by atoms with Crippen LogP contribution in [0.3, 0.4) is 0 Å². The standard InChI is InChI=1S/C74H136O6/c1-4-7-10-13-16-19-22-25-28-30-31-32-33-34-35-36-37-38-39-40-41-42-44-46-49-52-55-58-61-64-67-73(76)79-70-71(69-78-72(75)66-63-60-57-54-51-48-45-27-24-21-18-15-12-9-6-3)80-74(77)68-65-62-59-56-53-50-47-43-29-26-23-20-17-14-11-8-5-2/h9,12,18,21,27,45,51,54,71H,4-8,10-11,13-17,19-20,22-26,28-44,46-50,52-53,55-70H2,1-3H3/b12-9-,21-18-,45-27-,54-51-. The van der Waals surface area contributed by atoms with Crippen LogP contribution in [0, 0.1) is 0 Å². The van der Waals surface area contributed by atoms with E-state index in [0.717, 1.165) is 83.5 Å². The Bertz CT molecular complexity index is 1380. The molecule has 0 aromatic rings. The number of esters is 3. The number of allylic oxidation sites excluding steroid dienone is 8. The molecule has 80 heavy (non-hydrogen) atoms. The third kappa shape index (κ3) is 66.2. The van der Waals surface area contributed by atoms with Crippen LogP contribution in [0.2, 0.25) is 0 Å². The van der Waals surface area contributed by atoms with Crippen molar-refractivity contribution in [2.24, 2.45) is 0 Å². The van der Waals surface area contributed by atoms with Gasteiger partial charge in [0.1, 0.15) is 13.2 Å². The van der Waals surface area contributed by atoms with Crippen molar-refractivity contribution in [1.29, 1.82) is 0 Å². The molecule has 0 bridgehead atoms. The highest BCUT2D eigenvalue weighted by atomic mass is 16.6. The quantitative estimate of drug-likeness (QED) is 0.0261. The Kier molecular flexibility index (Phi) is 66.6. The highest BCUT2D eigenvalue weighted by Crippen LogP contribution is 2.19. The van der Waals surface area contributed by atoms with Gasteiger partial charge in [-0.3, -0.25) is 14.4 Å². The number of unbranched alkanes of at least 4 members (excludes halogenated alkanes) is 47. The number of carbonyl (C=O) groups excluding carboxylic acids is 3. The van der Waals surface area contributed by atoms with E-state index in [9.17, 15) is 14.4 Å². The summed E-state index contributed by atoms with van der Waals surface area (Å²) >= 11 is 0. The molecule has 0 saturated carbocycles. The first-order valence-corrected chi connectivity index (χ1v) is 35.6. The molecule has 6 heteroatoms. The SMILES string of the molecule is CC/C=C\C/C=C\C/C=C\C/C=C\CCCCC(=O)OCC(COC(=O)CCCCCCCCCCCCCCCCCCCCCCCCCCCCCCCC)OC(=O)CCCCCCCCCCCCCCCCCCC. The second kappa shape index (κ2) is 68.9. The van der Waals surface area contributed by atoms with Crippen molar-refractivity contribution in [2.45, 2.75) is 393 Å². The largest absolute Gasteiger partial charge is 0.462 e. The van der Waals surface area contributed by atoms with E-state index in [1.54, 1.807) is 0 Å². The van der Waals surface area contributed by atoms with E-state index in [-0.39, 0.29) is 31.1 Å². The van der Waals surface area contributed by atoms with Crippen molar-refractivity contribution in [2.75, 3.05) is 13.2 Å². The molecule has 0 rings (SSSR count). The second-order valence-electron chi connectivity index (χ2n) is 24.1. The van der Waals surface area contributed by atoms with Crippen molar-refractivity contribution >= 4 is 17.9 Å². The predicted octanol–water partition coefficient (Wildman–Crippen LogP) is 24.5. The number of hydrogen-bond donors (Lipinski definition) is 0. The lowest BCUT2D eigenvalue weighted by molar-refractivity contribution is -0.167. The van der Waals surface area contributed by atoms with Crippen LogP contribution < -0.4 is 0 Å². The van der Waals surface area contributed by atoms with Crippen LogP contribution in [-0.2, 0) is 28.6 Å². The molecular formula is C74H136O6. The maximum atomic E-state index is 12.9. The van der Waals surface area contributed by atoms with E-state index in [1.165, 1.54) is 263 Å². The molecule has 0 spiro atoms. The van der Waals surface area contributed by atoms with E-state index in [4.69, 9.17) is 14.2 Å². The van der Waals surface area contributed by atoms with Crippen LogP contribution in [0.4, 0.5) is 0 Å². The summed E-state index contributed by atoms with van der Waals surface area (Å²) in [5, 5.41) is 0. The Hall–Kier alpha value is -2.63. The highest BCUT2D eigenvalue weighted by molar-refractivity contribution is 5.71. The van der Waals surface area contributed by atoms with Gasteiger partial charge in [-0.25, -0.2) is 0 Å². The van der Waals surface area contributed by atoms with Crippen molar-refractivity contribution in [3.05, 3.63) is 48.6 Å². The van der Waals surface area contributed by atoms with E-state index in [2.05, 4.69) is 69.4 Å². The monoisotopic (exact) mass is 1120 g/mol. The predicted molar refractivity (Wildman–Crippen MR) is 349 cm³/mol. The van der Waals surface area contributed by atoms with Gasteiger partial charge in [0.15, 0.2) is 6.10 Å². The average molecular weight is 1120 g/mol. The molecule has 1 unspecified atom stereocenters. The molecule has 0 fully saturated rings. The van der Waals surface area contributed by atoms with Gasteiger partial charge >= 0.3 is 17.9 Å². The molecule has 1 atom stereocenters. The zero-order valence-electron chi connectivity index (χ0n) is 53.9. The second-order valence-corrected chi connectivity index (χ2v) is 24.1. The van der Waals surface area contributed by atoms with Crippen LogP contribution in [-0.4, -0.2) is 37.2 Å². The van der Waals surface area contributed by atoms with E-state index in [0.29, 0.717) is 19.3 Å². The first kappa shape index (κ1) is 77.4. The Morgan fingerprint density at radius 1 is 0.263 bits per heavy atom. The smallest absolute Gasteiger partial charge is 0.306 e. The van der Waals surface area contributed by atoms with Gasteiger partial charge in [0.2, 0.25) is 0 Å². The summed E-state index contributed by atoms with van der Waals surface area (Å²) in [5.74, 6) is -0.898. The molecule has 468 valence electrons. The van der Waals surface area contributed by atoms with Gasteiger partial charge in [-0.15, -0.1) is 0 Å². The fraction of sp³-hybridized carbons (Fsp3) is 0.851. The molecule has 0 aliphatic carbocycles. The number of hydrogen-bond acceptors (Lipinski definition) is 6. The summed E-state index contributed by atoms with van der Waals surface area (Å²) in [7, 11) is 0. The van der Waals surface area contributed by atoms with Crippen molar-refractivity contribution < 1.29 is 28.6 Å². The van der Waals surface area contributed by atoms with Gasteiger partial charge in [0.05, 0.1) is 0 Å². The molecule has 0 aromatic carbocycles. The first-order chi connectivity index (χ1) is 39.5. The molecule has 0 heterocycles. The summed E-state index contributed by atoms with van der Waals surface area (Å²) in [4.78, 5) is 38.4. The van der Waals surface area contributed by atoms with Crippen molar-refractivity contribution in [1.82, 2.24) is 0 Å². The number of ether oxygens (including phenoxy) is 3. The van der Waals surface area contributed by atoms with Crippen LogP contribution >= 0.6 is 0 Å². The fourth-order valence-corrected chi connectivity index (χ4v) is 10.8. The summed E-state index contributed by atoms with van der Waals surface area (Å²) < 4.78 is 16.9. The van der Waals surface area contributed by atoms with Crippen molar-refractivity contribution in [3.8, 4) is 0 Å². The normalized spacial score (nSPS) is 12.3. The lowest BCUT2D eigenvalue weighted by Gasteiger charge is -2.18. The topological polar surface area (TPSA) is 78.9 Å². The first-order valence-electron chi connectivity index (χ1n) is 35.6. The Morgan fingerprint density at radius 3 is 0.762 bits per heavy atom. The summed E-state index contributed by atoms with van der Waals surface area (Å²) in [6, 6.07) is 0. The lowest BCUT2D eigenvalue weighted by atomic mass is 10.0. The van der Waals surface area contributed by atoms with Crippen LogP contribution in [0.1, 0.15) is 387 Å². The zero-order valence-corrected chi connectivity index (χ0v) is 53.9. The van der Waals surface area contributed by atoms with Crippen LogP contribution in [0.15, 0.2) is 48.6 Å². The molecule has 0 aromatic heterocycles. The van der Waals surface area contributed by atoms with Gasteiger partial charge in [-0.2, -0.15) is 0 Å². The fourth-order valence-electron chi connectivity index (χ4n) is 10.8. The molecule has 0 saturated heterocycles. The lowest BCUT2D eigenvalue weighted by Crippen LogP contribution is -2.30. The maximum Gasteiger partial charge on any atom is 0.306 e. The van der Waals surface area contributed by atoms with Gasteiger partial charge in [-0.1, -0.05) is 358 Å². The molecule has 6 nitrogen and oxygen atoms in total. The molecule has 0 radical (unpaired) electrons. The molecule has 0 aliphatic rings. The van der Waals surface area contributed by atoms with Crippen molar-refractivity contribution in [3.63, 3.8) is 0 Å². The van der Waals surface area contributed by atoms with E-state index in [1.807, 2.05) is 0 Å². The summed E-state index contributed by atoms with van der Waals surface area (Å²) in [6.45, 7) is 6.56. The summed E-state index contributed by atoms with van der Waals surface area (Å²) in [6.07, 6.45) is 87.3. The average Bonchev–Trinajstić information content (AvgIpc) is 3.46. The Balaban J connectivity index is 4.19. The molecule has 0 N–H and O–H groups in total. The maximum absolute atomic E-state index is 12.9. The van der Waals surface area contributed by atoms with Gasteiger partial charge in [0.25, 0.3) is 0 Å². The minimum absolute atomic E-state index is 0.0810. The Labute approximate surface area is 498 Å². The van der Waals surface area contributed by atoms with Gasteiger partial charge in [-0.05, 0) is 57.8 Å². The van der Waals surface area contributed by atoms with Crippen LogP contribution in [0.5, 0.6) is 0 Å². The minimum Gasteiger partial charge on any atom is -0.462 e. The van der Waals surface area contributed by atoms with E-state index < -0.39 is 6.10 Å². The minimum atomic E-state index is -0.788. The highest BCUT2D eigenvalue weighted by Gasteiger charge is 2.19. The van der Waals surface area contributed by atoms with Gasteiger partial charge < -0.3 is 14.2 Å². The van der Waals surface area contributed by atoms with Crippen LogP contribution in [0.25, 0.3) is 0 Å². The third-order valence-electron chi connectivity index (χ3n) is 16.1. The third-order valence-corrected chi connectivity index (χ3v) is 16.1. The molecular weight excluding hydrogens is 985 g/mol.